The minimum Gasteiger partial charge on any atom is -0.497 e. The van der Waals surface area contributed by atoms with Crippen molar-refractivity contribution in [2.45, 2.75) is 45.7 Å². The van der Waals surface area contributed by atoms with Gasteiger partial charge in [-0.1, -0.05) is 13.8 Å². The normalized spacial score (nSPS) is 17.4. The number of hydrogen-bond donors (Lipinski definition) is 1. The van der Waals surface area contributed by atoms with Crippen molar-refractivity contribution in [1.82, 2.24) is 15.3 Å². The van der Waals surface area contributed by atoms with Gasteiger partial charge in [0.1, 0.15) is 17.8 Å². The molecule has 1 amide bonds. The minimum atomic E-state index is -0.679. The van der Waals surface area contributed by atoms with Crippen LogP contribution in [0.2, 0.25) is 0 Å². The second-order valence-electron chi connectivity index (χ2n) is 7.60. The van der Waals surface area contributed by atoms with Crippen molar-refractivity contribution in [3.63, 3.8) is 0 Å². The van der Waals surface area contributed by atoms with Gasteiger partial charge >= 0.3 is 5.97 Å². The average Bonchev–Trinajstić information content (AvgIpc) is 3.20. The molecular formula is C21H28N4O4. The average molecular weight is 400 g/mol. The van der Waals surface area contributed by atoms with Crippen molar-refractivity contribution >= 4 is 28.7 Å². The quantitative estimate of drug-likeness (QED) is 0.743. The van der Waals surface area contributed by atoms with Gasteiger partial charge in [-0.05, 0) is 43.9 Å². The Bertz CT molecular complexity index is 915. The first-order chi connectivity index (χ1) is 13.8. The Labute approximate surface area is 170 Å². The molecule has 29 heavy (non-hydrogen) atoms. The summed E-state index contributed by atoms with van der Waals surface area (Å²) in [7, 11) is 2.95. The zero-order chi connectivity index (χ0) is 21.1. The lowest BCUT2D eigenvalue weighted by Gasteiger charge is -2.27. The largest absolute Gasteiger partial charge is 0.497 e. The number of benzene rings is 1. The summed E-state index contributed by atoms with van der Waals surface area (Å²) in [6, 6.07) is 4.56. The number of anilines is 1. The van der Waals surface area contributed by atoms with E-state index < -0.39 is 18.1 Å². The van der Waals surface area contributed by atoms with Crippen molar-refractivity contribution in [3.05, 3.63) is 23.9 Å². The molecule has 156 valence electrons. The Kier molecular flexibility index (Phi) is 6.20. The first-order valence-electron chi connectivity index (χ1n) is 9.83. The number of ether oxygens (including phenoxy) is 2. The number of methoxy groups -OCH3 is 2. The molecule has 1 aromatic carbocycles. The molecule has 8 nitrogen and oxygen atoms in total. The van der Waals surface area contributed by atoms with Crippen LogP contribution in [0.4, 0.5) is 5.95 Å². The van der Waals surface area contributed by atoms with Gasteiger partial charge < -0.3 is 19.7 Å². The van der Waals surface area contributed by atoms with Gasteiger partial charge in [0.15, 0.2) is 0 Å². The van der Waals surface area contributed by atoms with Crippen molar-refractivity contribution in [2.24, 2.45) is 5.92 Å². The highest BCUT2D eigenvalue weighted by atomic mass is 16.5. The zero-order valence-electron chi connectivity index (χ0n) is 17.6. The second kappa shape index (κ2) is 8.63. The molecule has 1 fully saturated rings. The highest BCUT2D eigenvalue weighted by Gasteiger charge is 2.35. The van der Waals surface area contributed by atoms with Crippen molar-refractivity contribution in [2.75, 3.05) is 25.7 Å². The van der Waals surface area contributed by atoms with E-state index in [1.807, 2.05) is 43.9 Å². The summed E-state index contributed by atoms with van der Waals surface area (Å²) in [5.74, 6) is 0.553. The first-order valence-corrected chi connectivity index (χ1v) is 9.83. The zero-order valence-corrected chi connectivity index (χ0v) is 17.6. The summed E-state index contributed by atoms with van der Waals surface area (Å²) in [6.07, 6.45) is 1.53. The highest BCUT2D eigenvalue weighted by Crippen LogP contribution is 2.28. The maximum absolute atomic E-state index is 13.0. The van der Waals surface area contributed by atoms with E-state index >= 15 is 0 Å². The molecule has 1 aliphatic heterocycles. The summed E-state index contributed by atoms with van der Waals surface area (Å²) >= 11 is 0. The number of aromatic nitrogens is 2. The molecule has 1 saturated heterocycles. The Hall–Kier alpha value is -2.90. The molecule has 1 unspecified atom stereocenters. The molecule has 0 saturated carbocycles. The number of carbonyl (C=O) groups is 2. The lowest BCUT2D eigenvalue weighted by Crippen LogP contribution is -2.52. The highest BCUT2D eigenvalue weighted by molar-refractivity contribution is 5.90. The van der Waals surface area contributed by atoms with Crippen LogP contribution in [0.5, 0.6) is 5.75 Å². The molecule has 2 atom stereocenters. The van der Waals surface area contributed by atoms with Crippen LogP contribution in [0.25, 0.3) is 10.9 Å². The number of fused-ring (bicyclic) bond motifs is 1. The van der Waals surface area contributed by atoms with Gasteiger partial charge in [-0.15, -0.1) is 0 Å². The van der Waals surface area contributed by atoms with Gasteiger partial charge in [0, 0.05) is 11.9 Å². The smallest absolute Gasteiger partial charge is 0.328 e. The van der Waals surface area contributed by atoms with E-state index in [0.717, 1.165) is 28.8 Å². The number of esters is 1. The van der Waals surface area contributed by atoms with Crippen molar-refractivity contribution in [1.29, 1.82) is 0 Å². The predicted molar refractivity (Wildman–Crippen MR) is 110 cm³/mol. The number of aryl methyl sites for hydroxylation is 1. The summed E-state index contributed by atoms with van der Waals surface area (Å²) in [5, 5.41) is 3.76. The standard InChI is InChI=1S/C21H28N4O4/c1-12(2)18(20(27)29-5)24-19(26)17-7-6-10-25(17)21-22-13(3)15-11-14(28-4)8-9-16(15)23-21/h8-9,11-12,17-18H,6-7,10H2,1-5H3,(H,24,26)/t17?,18-/m0/s1. The van der Waals surface area contributed by atoms with Crippen LogP contribution in [0.15, 0.2) is 18.2 Å². The molecule has 0 spiro atoms. The maximum Gasteiger partial charge on any atom is 0.328 e. The fourth-order valence-electron chi connectivity index (χ4n) is 3.65. The van der Waals surface area contributed by atoms with Crippen LogP contribution in [-0.4, -0.2) is 54.7 Å². The van der Waals surface area contributed by atoms with E-state index in [4.69, 9.17) is 9.47 Å². The topological polar surface area (TPSA) is 93.7 Å². The molecule has 8 heteroatoms. The number of amides is 1. The van der Waals surface area contributed by atoms with Gasteiger partial charge in [-0.3, -0.25) is 4.79 Å². The lowest BCUT2D eigenvalue weighted by molar-refractivity contribution is -0.146. The SMILES string of the molecule is COC(=O)[C@@H](NC(=O)C1CCCN1c1nc(C)c2cc(OC)ccc2n1)C(C)C. The lowest BCUT2D eigenvalue weighted by atomic mass is 10.0. The Morgan fingerprint density at radius 1 is 1.24 bits per heavy atom. The van der Waals surface area contributed by atoms with Crippen LogP contribution in [-0.2, 0) is 14.3 Å². The summed E-state index contributed by atoms with van der Waals surface area (Å²) in [5.41, 5.74) is 1.62. The number of nitrogens with one attached hydrogen (secondary N) is 1. The Morgan fingerprint density at radius 3 is 2.66 bits per heavy atom. The van der Waals surface area contributed by atoms with Crippen LogP contribution >= 0.6 is 0 Å². The van der Waals surface area contributed by atoms with Gasteiger partial charge in [0.05, 0.1) is 25.4 Å². The maximum atomic E-state index is 13.0. The van der Waals surface area contributed by atoms with Gasteiger partial charge in [0.25, 0.3) is 0 Å². The predicted octanol–water partition coefficient (Wildman–Crippen LogP) is 2.23. The number of rotatable bonds is 6. The molecule has 0 radical (unpaired) electrons. The van der Waals surface area contributed by atoms with Crippen LogP contribution in [0.3, 0.4) is 0 Å². The monoisotopic (exact) mass is 400 g/mol. The third-order valence-corrected chi connectivity index (χ3v) is 5.31. The van der Waals surface area contributed by atoms with E-state index in [9.17, 15) is 9.59 Å². The number of nitrogens with zero attached hydrogens (tertiary/aromatic N) is 3. The van der Waals surface area contributed by atoms with Crippen LogP contribution in [0, 0.1) is 12.8 Å². The van der Waals surface area contributed by atoms with Crippen LogP contribution < -0.4 is 15.0 Å². The van der Waals surface area contributed by atoms with Gasteiger partial charge in [-0.25, -0.2) is 14.8 Å². The summed E-state index contributed by atoms with van der Waals surface area (Å²) < 4.78 is 10.1. The van der Waals surface area contributed by atoms with E-state index in [-0.39, 0.29) is 11.8 Å². The Balaban J connectivity index is 1.86. The molecule has 2 heterocycles. The molecule has 1 N–H and O–H groups in total. The second-order valence-corrected chi connectivity index (χ2v) is 7.60. The molecule has 3 rings (SSSR count). The van der Waals surface area contributed by atoms with Crippen LogP contribution in [0.1, 0.15) is 32.4 Å². The van der Waals surface area contributed by atoms with E-state index in [1.165, 1.54) is 7.11 Å². The van der Waals surface area contributed by atoms with Crippen molar-refractivity contribution in [3.8, 4) is 5.75 Å². The van der Waals surface area contributed by atoms with Crippen molar-refractivity contribution < 1.29 is 19.1 Å². The third kappa shape index (κ3) is 4.26. The van der Waals surface area contributed by atoms with Gasteiger partial charge in [0.2, 0.25) is 11.9 Å². The molecule has 0 aliphatic carbocycles. The van der Waals surface area contributed by atoms with E-state index in [2.05, 4.69) is 15.3 Å². The molecular weight excluding hydrogens is 372 g/mol. The van der Waals surface area contributed by atoms with Gasteiger partial charge in [-0.2, -0.15) is 0 Å². The van der Waals surface area contributed by atoms with E-state index in [0.29, 0.717) is 18.9 Å². The number of hydrogen-bond acceptors (Lipinski definition) is 7. The fraction of sp³-hybridized carbons (Fsp3) is 0.524. The summed E-state index contributed by atoms with van der Waals surface area (Å²) in [6.45, 7) is 6.35. The Morgan fingerprint density at radius 2 is 2.00 bits per heavy atom. The fourth-order valence-corrected chi connectivity index (χ4v) is 3.65. The molecule has 1 aliphatic rings. The number of carbonyl (C=O) groups excluding carboxylic acids is 2. The summed E-state index contributed by atoms with van der Waals surface area (Å²) in [4.78, 5) is 36.2. The third-order valence-electron chi connectivity index (χ3n) is 5.31. The molecule has 1 aromatic heterocycles. The minimum absolute atomic E-state index is 0.0737. The molecule has 2 aromatic rings. The molecule has 0 bridgehead atoms. The van der Waals surface area contributed by atoms with E-state index in [1.54, 1.807) is 7.11 Å². The first kappa shape index (κ1) is 20.8.